The first kappa shape index (κ1) is 12.7. The van der Waals surface area contributed by atoms with Crippen LogP contribution in [0.2, 0.25) is 0 Å². The van der Waals surface area contributed by atoms with Crippen LogP contribution in [0.15, 0.2) is 18.2 Å². The lowest BCUT2D eigenvalue weighted by molar-refractivity contribution is -0.0501. The highest BCUT2D eigenvalue weighted by Gasteiger charge is 2.19. The molecular weight excluding hydrogens is 240 g/mol. The van der Waals surface area contributed by atoms with Gasteiger partial charge >= 0.3 is 6.61 Å². The van der Waals surface area contributed by atoms with Gasteiger partial charge in [-0.05, 0) is 19.1 Å². The number of ketones is 1. The number of nitrogens with two attached hydrogens (primary N) is 1. The summed E-state index contributed by atoms with van der Waals surface area (Å²) in [5.41, 5.74) is 5.64. The lowest BCUT2D eigenvalue weighted by Gasteiger charge is -2.11. The monoisotopic (exact) mass is 249 g/mol. The molecule has 3 nitrogen and oxygen atoms in total. The van der Waals surface area contributed by atoms with Crippen LogP contribution in [0.4, 0.5) is 14.5 Å². The van der Waals surface area contributed by atoms with E-state index in [-0.39, 0.29) is 17.0 Å². The number of ether oxygens (including phenoxy) is 1. The highest BCUT2D eigenvalue weighted by Crippen LogP contribution is 2.25. The molecule has 6 heteroatoms. The maximum Gasteiger partial charge on any atom is 0.387 e. The quantitative estimate of drug-likeness (QED) is 0.507. The molecule has 0 spiro atoms. The van der Waals surface area contributed by atoms with Gasteiger partial charge in [0.05, 0.1) is 10.9 Å². The highest BCUT2D eigenvalue weighted by atomic mass is 35.5. The minimum atomic E-state index is -3.01. The molecule has 0 aliphatic rings. The molecule has 0 heterocycles. The van der Waals surface area contributed by atoms with Crippen molar-refractivity contribution in [1.82, 2.24) is 0 Å². The molecule has 1 unspecified atom stereocenters. The Labute approximate surface area is 96.1 Å². The average molecular weight is 250 g/mol. The Hall–Kier alpha value is -1.36. The Morgan fingerprint density at radius 1 is 1.50 bits per heavy atom. The molecular formula is C10H10ClF2NO2. The third-order valence-corrected chi connectivity index (χ3v) is 2.05. The van der Waals surface area contributed by atoms with Crippen molar-refractivity contribution in [2.24, 2.45) is 0 Å². The largest absolute Gasteiger partial charge is 0.434 e. The Balaban J connectivity index is 3.12. The zero-order valence-corrected chi connectivity index (χ0v) is 9.17. The minimum Gasteiger partial charge on any atom is -0.434 e. The molecule has 1 aromatic rings. The van der Waals surface area contributed by atoms with Gasteiger partial charge in [-0.2, -0.15) is 8.78 Å². The van der Waals surface area contributed by atoms with Gasteiger partial charge < -0.3 is 10.5 Å². The lowest BCUT2D eigenvalue weighted by atomic mass is 10.1. The maximum atomic E-state index is 12.1. The van der Waals surface area contributed by atoms with Gasteiger partial charge in [0.15, 0.2) is 5.78 Å². The van der Waals surface area contributed by atoms with Crippen LogP contribution in [0, 0.1) is 0 Å². The summed E-state index contributed by atoms with van der Waals surface area (Å²) >= 11 is 5.59. The van der Waals surface area contributed by atoms with Crippen LogP contribution in [-0.2, 0) is 0 Å². The van der Waals surface area contributed by atoms with Gasteiger partial charge in [0.25, 0.3) is 0 Å². The number of anilines is 1. The van der Waals surface area contributed by atoms with Crippen molar-refractivity contribution in [2.75, 3.05) is 5.73 Å². The van der Waals surface area contributed by atoms with Crippen LogP contribution in [-0.4, -0.2) is 17.8 Å². The van der Waals surface area contributed by atoms with Gasteiger partial charge in [-0.1, -0.05) is 0 Å². The summed E-state index contributed by atoms with van der Waals surface area (Å²) < 4.78 is 28.4. The van der Waals surface area contributed by atoms with E-state index in [2.05, 4.69) is 4.74 Å². The topological polar surface area (TPSA) is 52.3 Å². The second kappa shape index (κ2) is 5.12. The number of benzene rings is 1. The molecule has 1 atom stereocenters. The molecule has 0 radical (unpaired) electrons. The molecule has 0 bridgehead atoms. The van der Waals surface area contributed by atoms with E-state index in [4.69, 9.17) is 17.3 Å². The van der Waals surface area contributed by atoms with Gasteiger partial charge in [0.1, 0.15) is 5.75 Å². The Bertz CT molecular complexity index is 396. The first-order chi connectivity index (χ1) is 7.41. The molecule has 16 heavy (non-hydrogen) atoms. The van der Waals surface area contributed by atoms with Crippen molar-refractivity contribution in [3.8, 4) is 5.75 Å². The molecule has 0 saturated carbocycles. The van der Waals surface area contributed by atoms with Gasteiger partial charge in [-0.15, -0.1) is 11.6 Å². The first-order valence-electron chi connectivity index (χ1n) is 4.44. The molecule has 0 aliphatic heterocycles. The molecule has 0 fully saturated rings. The minimum absolute atomic E-state index is 0.00278. The number of Topliss-reactive ketones (excluding diaryl/α,β-unsaturated/α-hetero) is 1. The fraction of sp³-hybridized carbons (Fsp3) is 0.300. The van der Waals surface area contributed by atoms with E-state index in [1.807, 2.05) is 0 Å². The highest BCUT2D eigenvalue weighted by molar-refractivity contribution is 6.33. The molecule has 2 N–H and O–H groups in total. The summed E-state index contributed by atoms with van der Waals surface area (Å²) in [5, 5.41) is -0.816. The summed E-state index contributed by atoms with van der Waals surface area (Å²) in [6, 6.07) is 3.90. The molecule has 1 aromatic carbocycles. The SMILES string of the molecule is CC(Cl)C(=O)c1ccc(N)cc1OC(F)F. The van der Waals surface area contributed by atoms with Crippen LogP contribution in [0.25, 0.3) is 0 Å². The number of nitrogen functional groups attached to an aromatic ring is 1. The molecule has 88 valence electrons. The van der Waals surface area contributed by atoms with E-state index >= 15 is 0 Å². The predicted molar refractivity (Wildman–Crippen MR) is 57.1 cm³/mol. The lowest BCUT2D eigenvalue weighted by Crippen LogP contribution is -2.14. The van der Waals surface area contributed by atoms with Crippen LogP contribution in [0.5, 0.6) is 5.75 Å². The van der Waals surface area contributed by atoms with Gasteiger partial charge in [-0.25, -0.2) is 0 Å². The van der Waals surface area contributed by atoms with Crippen LogP contribution in [0.1, 0.15) is 17.3 Å². The molecule has 0 saturated heterocycles. The summed E-state index contributed by atoms with van der Waals surface area (Å²) in [5.74, 6) is -0.746. The molecule has 1 rings (SSSR count). The van der Waals surface area contributed by atoms with Gasteiger partial charge in [0, 0.05) is 11.8 Å². The number of carbonyl (C=O) groups excluding carboxylic acids is 1. The standard InChI is InChI=1S/C10H10ClF2NO2/c1-5(11)9(15)7-3-2-6(14)4-8(7)16-10(12)13/h2-5,10H,14H2,1H3. The summed E-state index contributed by atoms with van der Waals surface area (Å²) in [4.78, 5) is 11.6. The summed E-state index contributed by atoms with van der Waals surface area (Å²) in [6.07, 6.45) is 0. The number of rotatable bonds is 4. The first-order valence-corrected chi connectivity index (χ1v) is 4.88. The van der Waals surface area contributed by atoms with Crippen molar-refractivity contribution >= 4 is 23.1 Å². The third kappa shape index (κ3) is 3.06. The third-order valence-electron chi connectivity index (χ3n) is 1.85. The van der Waals surface area contributed by atoms with Crippen LogP contribution >= 0.6 is 11.6 Å². The van der Waals surface area contributed by atoms with Crippen molar-refractivity contribution < 1.29 is 18.3 Å². The molecule has 0 aliphatic carbocycles. The van der Waals surface area contributed by atoms with Crippen LogP contribution < -0.4 is 10.5 Å². The van der Waals surface area contributed by atoms with Crippen molar-refractivity contribution in [1.29, 1.82) is 0 Å². The van der Waals surface area contributed by atoms with Crippen LogP contribution in [0.3, 0.4) is 0 Å². The van der Waals surface area contributed by atoms with Gasteiger partial charge in [-0.3, -0.25) is 4.79 Å². The summed E-state index contributed by atoms with van der Waals surface area (Å²) in [7, 11) is 0. The Morgan fingerprint density at radius 2 is 2.12 bits per heavy atom. The number of hydrogen-bond acceptors (Lipinski definition) is 3. The second-order valence-electron chi connectivity index (χ2n) is 3.11. The fourth-order valence-electron chi connectivity index (χ4n) is 1.15. The predicted octanol–water partition coefficient (Wildman–Crippen LogP) is 2.68. The number of carbonyl (C=O) groups is 1. The van der Waals surface area contributed by atoms with E-state index in [1.165, 1.54) is 25.1 Å². The zero-order chi connectivity index (χ0) is 12.3. The maximum absolute atomic E-state index is 12.1. The molecule has 0 aromatic heterocycles. The van der Waals surface area contributed by atoms with E-state index in [1.54, 1.807) is 0 Å². The Kier molecular flexibility index (Phi) is 4.06. The average Bonchev–Trinajstić information content (AvgIpc) is 2.15. The number of halogens is 3. The zero-order valence-electron chi connectivity index (χ0n) is 8.41. The van der Waals surface area contributed by atoms with E-state index in [0.29, 0.717) is 0 Å². The smallest absolute Gasteiger partial charge is 0.387 e. The second-order valence-corrected chi connectivity index (χ2v) is 3.77. The Morgan fingerprint density at radius 3 is 2.62 bits per heavy atom. The van der Waals surface area contributed by atoms with E-state index in [0.717, 1.165) is 0 Å². The number of alkyl halides is 3. The van der Waals surface area contributed by atoms with E-state index in [9.17, 15) is 13.6 Å². The molecule has 0 amide bonds. The van der Waals surface area contributed by atoms with Crippen molar-refractivity contribution in [2.45, 2.75) is 18.9 Å². The normalized spacial score (nSPS) is 12.6. The van der Waals surface area contributed by atoms with Crippen molar-refractivity contribution in [3.05, 3.63) is 23.8 Å². The fourth-order valence-corrected chi connectivity index (χ4v) is 1.27. The van der Waals surface area contributed by atoms with Gasteiger partial charge in [0.2, 0.25) is 0 Å². The van der Waals surface area contributed by atoms with Crippen molar-refractivity contribution in [3.63, 3.8) is 0 Å². The number of hydrogen-bond donors (Lipinski definition) is 1. The summed E-state index contributed by atoms with van der Waals surface area (Å²) in [6.45, 7) is -1.56. The van der Waals surface area contributed by atoms with E-state index < -0.39 is 17.8 Å².